The van der Waals surface area contributed by atoms with E-state index in [0.717, 1.165) is 9.79 Å². The van der Waals surface area contributed by atoms with Gasteiger partial charge in [0.1, 0.15) is 4.90 Å². The monoisotopic (exact) mass is 213 g/mol. The summed E-state index contributed by atoms with van der Waals surface area (Å²) in [5, 5.41) is 8.81. The molecule has 0 aliphatic carbocycles. The molecule has 0 atom stereocenters. The summed E-state index contributed by atoms with van der Waals surface area (Å²) >= 11 is 1.59. The van der Waals surface area contributed by atoms with E-state index >= 15 is 0 Å². The second kappa shape index (κ2) is 4.63. The smallest absolute Gasteiger partial charge is 0.0817 e. The SMILES string of the molecule is N#[N+]c1ccccc1Sc1ccccc1. The van der Waals surface area contributed by atoms with Crippen LogP contribution >= 0.6 is 11.8 Å². The van der Waals surface area contributed by atoms with E-state index in [1.165, 1.54) is 0 Å². The van der Waals surface area contributed by atoms with Crippen molar-refractivity contribution in [3.8, 4) is 0 Å². The lowest BCUT2D eigenvalue weighted by Gasteiger charge is -1.97. The van der Waals surface area contributed by atoms with Gasteiger partial charge in [-0.25, -0.2) is 0 Å². The van der Waals surface area contributed by atoms with Gasteiger partial charge in [-0.15, -0.1) is 0 Å². The summed E-state index contributed by atoms with van der Waals surface area (Å²) in [6, 6.07) is 17.5. The lowest BCUT2D eigenvalue weighted by Crippen LogP contribution is -1.72. The third kappa shape index (κ3) is 2.36. The molecule has 2 aromatic rings. The van der Waals surface area contributed by atoms with Gasteiger partial charge >= 0.3 is 5.69 Å². The normalized spacial score (nSPS) is 9.53. The van der Waals surface area contributed by atoms with Crippen LogP contribution in [0.25, 0.3) is 4.98 Å². The van der Waals surface area contributed by atoms with Crippen molar-refractivity contribution in [1.29, 1.82) is 5.39 Å². The van der Waals surface area contributed by atoms with E-state index in [2.05, 4.69) is 4.98 Å². The Kier molecular flexibility index (Phi) is 3.01. The van der Waals surface area contributed by atoms with Crippen LogP contribution in [0.2, 0.25) is 0 Å². The summed E-state index contributed by atoms with van der Waals surface area (Å²) < 4.78 is 0. The number of hydrogen-bond acceptors (Lipinski definition) is 2. The first-order valence-corrected chi connectivity index (χ1v) is 5.39. The zero-order valence-electron chi connectivity index (χ0n) is 8.00. The molecule has 0 amide bonds. The summed E-state index contributed by atoms with van der Waals surface area (Å²) in [4.78, 5) is 5.33. The number of diazo groups is 1. The van der Waals surface area contributed by atoms with Crippen LogP contribution in [0.3, 0.4) is 0 Å². The molecule has 2 nitrogen and oxygen atoms in total. The number of rotatable bonds is 2. The molecular formula is C12H9N2S+. The summed E-state index contributed by atoms with van der Waals surface area (Å²) in [6.07, 6.45) is 0. The Hall–Kier alpha value is -1.79. The zero-order chi connectivity index (χ0) is 10.5. The highest BCUT2D eigenvalue weighted by atomic mass is 32.2. The quantitative estimate of drug-likeness (QED) is 0.695. The highest BCUT2D eigenvalue weighted by molar-refractivity contribution is 7.99. The van der Waals surface area contributed by atoms with Crippen molar-refractivity contribution in [3.05, 3.63) is 59.6 Å². The number of hydrogen-bond donors (Lipinski definition) is 0. The molecule has 0 bridgehead atoms. The molecule has 0 aromatic heterocycles. The van der Waals surface area contributed by atoms with Gasteiger partial charge in [0.2, 0.25) is 5.39 Å². The first kappa shape index (κ1) is 9.75. The van der Waals surface area contributed by atoms with Gasteiger partial charge in [-0.2, -0.15) is 0 Å². The Labute approximate surface area is 92.6 Å². The molecule has 0 heterocycles. The van der Waals surface area contributed by atoms with E-state index in [1.807, 2.05) is 48.5 Å². The molecule has 0 unspecified atom stereocenters. The van der Waals surface area contributed by atoms with Crippen molar-refractivity contribution in [2.45, 2.75) is 9.79 Å². The average molecular weight is 213 g/mol. The second-order valence-corrected chi connectivity index (χ2v) is 4.10. The molecule has 0 saturated carbocycles. The second-order valence-electron chi connectivity index (χ2n) is 2.98. The van der Waals surface area contributed by atoms with Crippen LogP contribution in [0, 0.1) is 5.39 Å². The Morgan fingerprint density at radius 3 is 2.27 bits per heavy atom. The molecule has 15 heavy (non-hydrogen) atoms. The van der Waals surface area contributed by atoms with E-state index in [4.69, 9.17) is 5.39 Å². The van der Waals surface area contributed by atoms with Crippen molar-refractivity contribution in [2.75, 3.05) is 0 Å². The average Bonchev–Trinajstić information content (AvgIpc) is 2.31. The van der Waals surface area contributed by atoms with Crippen molar-refractivity contribution in [3.63, 3.8) is 0 Å². The van der Waals surface area contributed by atoms with Gasteiger partial charge in [0.05, 0.1) is 0 Å². The minimum atomic E-state index is 0.603. The van der Waals surface area contributed by atoms with Gasteiger partial charge in [-0.3, -0.25) is 0 Å². The van der Waals surface area contributed by atoms with Crippen molar-refractivity contribution in [2.24, 2.45) is 0 Å². The summed E-state index contributed by atoms with van der Waals surface area (Å²) in [5.74, 6) is 0. The van der Waals surface area contributed by atoms with Crippen LogP contribution in [-0.2, 0) is 0 Å². The predicted octanol–water partition coefficient (Wildman–Crippen LogP) is 4.32. The van der Waals surface area contributed by atoms with Crippen LogP contribution in [0.4, 0.5) is 5.69 Å². The molecule has 3 heteroatoms. The molecule has 0 saturated heterocycles. The van der Waals surface area contributed by atoms with Gasteiger partial charge in [0.25, 0.3) is 0 Å². The Bertz CT molecular complexity index is 488. The Morgan fingerprint density at radius 1 is 0.867 bits per heavy atom. The fourth-order valence-electron chi connectivity index (χ4n) is 1.24. The first-order valence-electron chi connectivity index (χ1n) is 4.57. The van der Waals surface area contributed by atoms with E-state index in [1.54, 1.807) is 17.8 Å². The fraction of sp³-hybridized carbons (Fsp3) is 0. The van der Waals surface area contributed by atoms with E-state index in [-0.39, 0.29) is 0 Å². The van der Waals surface area contributed by atoms with E-state index < -0.39 is 0 Å². The summed E-state index contributed by atoms with van der Waals surface area (Å²) in [7, 11) is 0. The van der Waals surface area contributed by atoms with Gasteiger partial charge in [-0.1, -0.05) is 42.1 Å². The fourth-order valence-corrected chi connectivity index (χ4v) is 2.15. The van der Waals surface area contributed by atoms with Crippen LogP contribution in [0.5, 0.6) is 0 Å². The molecule has 0 spiro atoms. The van der Waals surface area contributed by atoms with Crippen molar-refractivity contribution >= 4 is 17.4 Å². The lowest BCUT2D eigenvalue weighted by molar-refractivity contribution is 1.38. The maximum atomic E-state index is 8.81. The lowest BCUT2D eigenvalue weighted by atomic mass is 10.3. The van der Waals surface area contributed by atoms with Crippen molar-refractivity contribution < 1.29 is 0 Å². The highest BCUT2D eigenvalue weighted by Crippen LogP contribution is 2.34. The van der Waals surface area contributed by atoms with E-state index in [9.17, 15) is 0 Å². The maximum absolute atomic E-state index is 8.81. The predicted molar refractivity (Wildman–Crippen MR) is 61.8 cm³/mol. The van der Waals surface area contributed by atoms with Gasteiger partial charge < -0.3 is 0 Å². The minimum absolute atomic E-state index is 0.603. The molecule has 2 rings (SSSR count). The molecule has 0 fully saturated rings. The zero-order valence-corrected chi connectivity index (χ0v) is 8.82. The molecule has 72 valence electrons. The highest BCUT2D eigenvalue weighted by Gasteiger charge is 2.12. The van der Waals surface area contributed by atoms with Gasteiger partial charge in [0, 0.05) is 11.0 Å². The van der Waals surface area contributed by atoms with Crippen molar-refractivity contribution in [1.82, 2.24) is 0 Å². The molecule has 0 N–H and O–H groups in total. The van der Waals surface area contributed by atoms with E-state index in [0.29, 0.717) is 5.69 Å². The largest absolute Gasteiger partial charge is 0.398 e. The third-order valence-corrected chi connectivity index (χ3v) is 3.02. The molecule has 2 aromatic carbocycles. The maximum Gasteiger partial charge on any atom is 0.398 e. The molecule has 0 aliphatic heterocycles. The third-order valence-electron chi connectivity index (χ3n) is 1.94. The molecular weight excluding hydrogens is 204 g/mol. The Morgan fingerprint density at radius 2 is 1.53 bits per heavy atom. The summed E-state index contributed by atoms with van der Waals surface area (Å²) in [6.45, 7) is 0. The van der Waals surface area contributed by atoms with Gasteiger partial charge in [-0.05, 0) is 18.2 Å². The first-order chi connectivity index (χ1) is 7.40. The van der Waals surface area contributed by atoms with Gasteiger partial charge in [0.15, 0.2) is 4.98 Å². The van der Waals surface area contributed by atoms with Crippen LogP contribution in [0.15, 0.2) is 64.4 Å². The topological polar surface area (TPSA) is 28.1 Å². The molecule has 0 aliphatic rings. The minimum Gasteiger partial charge on any atom is -0.0817 e. The Balaban J connectivity index is 2.29. The molecule has 0 radical (unpaired) electrons. The number of nitrogens with zero attached hydrogens (tertiary/aromatic N) is 2. The van der Waals surface area contributed by atoms with Crippen LogP contribution in [-0.4, -0.2) is 0 Å². The van der Waals surface area contributed by atoms with Crippen LogP contribution in [0.1, 0.15) is 0 Å². The van der Waals surface area contributed by atoms with Crippen LogP contribution < -0.4 is 0 Å². The number of benzene rings is 2. The summed E-state index contributed by atoms with van der Waals surface area (Å²) in [5.41, 5.74) is 0.603. The standard InChI is InChI=1S/C12H9N2S/c13-14-11-8-4-5-9-12(11)15-10-6-2-1-3-7-10/h1-9H/q+1.